The highest BCUT2D eigenvalue weighted by molar-refractivity contribution is 6.23. The number of carbonyl (C=O) groups excluding carboxylic acids is 3. The maximum absolute atomic E-state index is 13.5. The number of ketones is 1. The van der Waals surface area contributed by atoms with Crippen LogP contribution >= 0.6 is 0 Å². The number of hydrogen-bond donors (Lipinski definition) is 0. The summed E-state index contributed by atoms with van der Waals surface area (Å²) in [7, 11) is 0. The summed E-state index contributed by atoms with van der Waals surface area (Å²) in [5.74, 6) is -0.294. The molecular formula is C30H39F3N6O3. The number of carbonyl (C=O) groups is 3. The van der Waals surface area contributed by atoms with Crippen LogP contribution in [0.4, 0.5) is 23.7 Å². The minimum Gasteiger partial charge on any atom is -0.310 e. The minimum absolute atomic E-state index is 0.216. The number of alkyl halides is 3. The van der Waals surface area contributed by atoms with Gasteiger partial charge in [0.2, 0.25) is 0 Å². The van der Waals surface area contributed by atoms with Gasteiger partial charge in [-0.2, -0.15) is 18.4 Å². The van der Waals surface area contributed by atoms with Crippen LogP contribution in [0, 0.1) is 11.3 Å². The number of halogens is 3. The van der Waals surface area contributed by atoms with E-state index in [-0.39, 0.29) is 12.2 Å². The van der Waals surface area contributed by atoms with Crippen LogP contribution < -0.4 is 4.90 Å². The highest BCUT2D eigenvalue weighted by Crippen LogP contribution is 2.37. The van der Waals surface area contributed by atoms with Crippen molar-refractivity contribution < 1.29 is 27.6 Å². The zero-order valence-corrected chi connectivity index (χ0v) is 24.5. The smallest absolute Gasteiger partial charge is 0.310 e. The molecule has 9 nitrogen and oxygen atoms in total. The molecule has 12 heteroatoms. The van der Waals surface area contributed by atoms with Crippen molar-refractivity contribution in [1.29, 1.82) is 5.26 Å². The Morgan fingerprint density at radius 1 is 1.00 bits per heavy atom. The molecule has 2 aromatic rings. The van der Waals surface area contributed by atoms with Gasteiger partial charge < -0.3 is 4.90 Å². The predicted octanol–water partition coefficient (Wildman–Crippen LogP) is 6.45. The van der Waals surface area contributed by atoms with Gasteiger partial charge in [-0.05, 0) is 64.2 Å². The van der Waals surface area contributed by atoms with Crippen LogP contribution in [0.2, 0.25) is 0 Å². The molecule has 228 valence electrons. The molecule has 0 bridgehead atoms. The van der Waals surface area contributed by atoms with Crippen molar-refractivity contribution >= 4 is 23.4 Å². The van der Waals surface area contributed by atoms with Crippen LogP contribution in [0.3, 0.4) is 0 Å². The van der Waals surface area contributed by atoms with Gasteiger partial charge in [-0.25, -0.2) is 9.69 Å². The third kappa shape index (κ3) is 8.17. The van der Waals surface area contributed by atoms with E-state index >= 15 is 0 Å². The Kier molecular flexibility index (Phi) is 11.3. The largest absolute Gasteiger partial charge is 0.417 e. The number of aryl methyl sites for hydroxylation is 2. The Morgan fingerprint density at radius 3 is 2.33 bits per heavy atom. The van der Waals surface area contributed by atoms with Crippen molar-refractivity contribution in [3.05, 3.63) is 41.2 Å². The number of aromatic nitrogens is 3. The van der Waals surface area contributed by atoms with Gasteiger partial charge in [-0.15, -0.1) is 5.10 Å². The molecule has 0 saturated carbocycles. The average Bonchev–Trinajstić information content (AvgIpc) is 3.46. The van der Waals surface area contributed by atoms with Gasteiger partial charge in [0.05, 0.1) is 28.6 Å². The third-order valence-electron chi connectivity index (χ3n) is 7.65. The summed E-state index contributed by atoms with van der Waals surface area (Å²) >= 11 is 0. The quantitative estimate of drug-likeness (QED) is 0.165. The Hall–Kier alpha value is -3.75. The van der Waals surface area contributed by atoms with Gasteiger partial charge in [0.25, 0.3) is 5.91 Å². The molecule has 3 rings (SSSR count). The van der Waals surface area contributed by atoms with Crippen molar-refractivity contribution in [2.75, 3.05) is 11.4 Å². The number of nitrogens with zero attached hydrogens (tertiary/aromatic N) is 6. The number of imide groups is 1. The van der Waals surface area contributed by atoms with Crippen LogP contribution in [0.25, 0.3) is 0 Å². The molecule has 2 heterocycles. The summed E-state index contributed by atoms with van der Waals surface area (Å²) in [5, 5.41) is 17.5. The first-order chi connectivity index (χ1) is 19.9. The molecule has 1 aliphatic rings. The van der Waals surface area contributed by atoms with Crippen LogP contribution in [0.15, 0.2) is 24.4 Å². The Morgan fingerprint density at radius 2 is 1.67 bits per heavy atom. The molecule has 1 saturated heterocycles. The lowest BCUT2D eigenvalue weighted by Gasteiger charge is -2.27. The molecule has 0 N–H and O–H groups in total. The Bertz CT molecular complexity index is 1300. The van der Waals surface area contributed by atoms with E-state index < -0.39 is 34.8 Å². The molecule has 0 aliphatic carbocycles. The predicted molar refractivity (Wildman–Crippen MR) is 150 cm³/mol. The first-order valence-electron chi connectivity index (χ1n) is 14.6. The normalized spacial score (nSPS) is 15.0. The van der Waals surface area contributed by atoms with Crippen molar-refractivity contribution in [3.8, 4) is 6.07 Å². The maximum Gasteiger partial charge on any atom is 0.417 e. The SMILES string of the molecule is CCC(=O)CCCCCCCCn1cc(CCCCN2C(=O)N(c3ccc(C#N)c(C(F)(F)F)c3)C(=O)C2(C)C)nn1. The zero-order chi connectivity index (χ0) is 30.9. The fraction of sp³-hybridized carbons (Fsp3) is 0.600. The highest BCUT2D eigenvalue weighted by atomic mass is 19.4. The van der Waals surface area contributed by atoms with Gasteiger partial charge in [0.15, 0.2) is 0 Å². The first kappa shape index (κ1) is 32.8. The van der Waals surface area contributed by atoms with Crippen molar-refractivity contribution in [2.45, 2.75) is 110 Å². The van der Waals surface area contributed by atoms with E-state index in [0.717, 1.165) is 61.7 Å². The second-order valence-corrected chi connectivity index (χ2v) is 11.2. The molecule has 0 spiro atoms. The molecular weight excluding hydrogens is 549 g/mol. The van der Waals surface area contributed by atoms with Gasteiger partial charge >= 0.3 is 12.2 Å². The summed E-state index contributed by atoms with van der Waals surface area (Å²) in [6.45, 7) is 6.06. The van der Waals surface area contributed by atoms with E-state index in [1.54, 1.807) is 13.8 Å². The lowest BCUT2D eigenvalue weighted by atomic mass is 10.0. The number of amides is 3. The summed E-state index contributed by atoms with van der Waals surface area (Å²) in [6.07, 6.45) is 6.69. The van der Waals surface area contributed by atoms with Gasteiger partial charge in [-0.1, -0.05) is 37.8 Å². The molecule has 1 aromatic heterocycles. The fourth-order valence-corrected chi connectivity index (χ4v) is 5.06. The third-order valence-corrected chi connectivity index (χ3v) is 7.65. The molecule has 1 fully saturated rings. The highest BCUT2D eigenvalue weighted by Gasteiger charge is 2.51. The Balaban J connectivity index is 1.45. The van der Waals surface area contributed by atoms with Crippen molar-refractivity contribution in [2.24, 2.45) is 0 Å². The summed E-state index contributed by atoms with van der Waals surface area (Å²) in [5.41, 5.74) is -2.39. The maximum atomic E-state index is 13.5. The number of unbranched alkanes of at least 4 members (excludes halogenated alkanes) is 6. The van der Waals surface area contributed by atoms with Crippen LogP contribution in [0.1, 0.15) is 102 Å². The van der Waals surface area contributed by atoms with Gasteiger partial charge in [0.1, 0.15) is 11.3 Å². The molecule has 3 amide bonds. The second-order valence-electron chi connectivity index (χ2n) is 11.2. The van der Waals surface area contributed by atoms with E-state index in [9.17, 15) is 27.6 Å². The van der Waals surface area contributed by atoms with E-state index in [1.165, 1.54) is 17.0 Å². The minimum atomic E-state index is -4.80. The zero-order valence-electron chi connectivity index (χ0n) is 24.5. The number of hydrogen-bond acceptors (Lipinski definition) is 6. The second kappa shape index (κ2) is 14.4. The lowest BCUT2D eigenvalue weighted by Crippen LogP contribution is -2.44. The average molecular weight is 589 g/mol. The number of anilines is 1. The van der Waals surface area contributed by atoms with Crippen LogP contribution in [0.5, 0.6) is 0 Å². The van der Waals surface area contributed by atoms with E-state index in [1.807, 2.05) is 17.8 Å². The van der Waals surface area contributed by atoms with E-state index in [0.29, 0.717) is 44.0 Å². The van der Waals surface area contributed by atoms with Gasteiger partial charge in [0, 0.05) is 32.1 Å². The monoisotopic (exact) mass is 588 g/mol. The molecule has 0 radical (unpaired) electrons. The van der Waals surface area contributed by atoms with Crippen molar-refractivity contribution in [3.63, 3.8) is 0 Å². The van der Waals surface area contributed by atoms with E-state index in [2.05, 4.69) is 10.3 Å². The number of nitriles is 1. The first-order valence-corrected chi connectivity index (χ1v) is 14.6. The number of Topliss-reactive ketones (excluding diaryl/α,β-unsaturated/α-hetero) is 1. The Labute approximate surface area is 244 Å². The number of rotatable bonds is 16. The molecule has 0 unspecified atom stereocenters. The summed E-state index contributed by atoms with van der Waals surface area (Å²) in [4.78, 5) is 39.8. The molecule has 0 atom stereocenters. The van der Waals surface area contributed by atoms with Crippen molar-refractivity contribution in [1.82, 2.24) is 19.9 Å². The van der Waals surface area contributed by atoms with E-state index in [4.69, 9.17) is 5.26 Å². The molecule has 1 aliphatic heterocycles. The fourth-order valence-electron chi connectivity index (χ4n) is 5.06. The lowest BCUT2D eigenvalue weighted by molar-refractivity contribution is -0.137. The number of benzene rings is 1. The summed E-state index contributed by atoms with van der Waals surface area (Å²) in [6, 6.07) is 3.65. The topological polar surface area (TPSA) is 112 Å². The van der Waals surface area contributed by atoms with Crippen LogP contribution in [-0.2, 0) is 28.7 Å². The summed E-state index contributed by atoms with van der Waals surface area (Å²) < 4.78 is 42.2. The van der Waals surface area contributed by atoms with Crippen LogP contribution in [-0.4, -0.2) is 49.7 Å². The molecule has 1 aromatic carbocycles. The standard InChI is InChI=1S/C30H39F3N6O3/c1-4-25(40)14-9-7-5-6-8-11-17-37-21-23(35-36-37)13-10-12-18-38-28(42)39(27(41)29(38,2)3)24-16-15-22(20-34)26(19-24)30(31,32)33/h15-16,19,21H,4-14,17-18H2,1-3H3. The van der Waals surface area contributed by atoms with Gasteiger partial charge in [-0.3, -0.25) is 14.3 Å². The molecule has 42 heavy (non-hydrogen) atoms. The number of urea groups is 1.